The van der Waals surface area contributed by atoms with Crippen molar-refractivity contribution in [3.8, 4) is 0 Å². The van der Waals surface area contributed by atoms with Gasteiger partial charge < -0.3 is 18.8 Å². The molecule has 2 fully saturated rings. The van der Waals surface area contributed by atoms with E-state index >= 15 is 0 Å². The van der Waals surface area contributed by atoms with E-state index < -0.39 is 0 Å². The number of furan rings is 1. The monoisotopic (exact) mass is 356 g/mol. The molecule has 1 amide bonds. The molecule has 3 atom stereocenters. The molecule has 2 aliphatic rings. The number of aryl methyl sites for hydroxylation is 1. The number of pyridine rings is 1. The molecule has 1 aliphatic heterocycles. The summed E-state index contributed by atoms with van der Waals surface area (Å²) in [5, 5.41) is 0. The minimum absolute atomic E-state index is 0.0357. The fourth-order valence-corrected chi connectivity index (χ4v) is 3.94. The summed E-state index contributed by atoms with van der Waals surface area (Å²) in [5.41, 5.74) is 0.934. The van der Waals surface area contributed by atoms with E-state index in [1.807, 2.05) is 36.1 Å². The quantitative estimate of drug-likeness (QED) is 0.824. The second-order valence-electron chi connectivity index (χ2n) is 7.06. The lowest BCUT2D eigenvalue weighted by atomic mass is 10.1. The molecule has 1 aliphatic carbocycles. The number of hydrogen-bond donors (Lipinski definition) is 0. The third-order valence-corrected chi connectivity index (χ3v) is 5.18. The Bertz CT molecular complexity index is 745. The standard InChI is InChI=1S/C20H24N2O4/c1-14-5-6-18(26-14)20(23)22-8-9-25-19-11-15(10-17(19)22)12-24-13-16-4-2-3-7-21-16/h2-7,15,17,19H,8-13H2,1H3/t15-,17+,19-/m1/s1. The molecule has 6 nitrogen and oxygen atoms in total. The van der Waals surface area contributed by atoms with Gasteiger partial charge in [-0.25, -0.2) is 0 Å². The molecule has 4 rings (SSSR count). The maximum absolute atomic E-state index is 12.8. The van der Waals surface area contributed by atoms with Gasteiger partial charge in [0.05, 0.1) is 37.7 Å². The molecule has 2 aromatic rings. The Morgan fingerprint density at radius 1 is 1.31 bits per heavy atom. The Balaban J connectivity index is 1.34. The normalized spacial score (nSPS) is 25.3. The van der Waals surface area contributed by atoms with Gasteiger partial charge in [0, 0.05) is 12.7 Å². The molecule has 0 unspecified atom stereocenters. The van der Waals surface area contributed by atoms with Crippen molar-refractivity contribution in [1.29, 1.82) is 0 Å². The fourth-order valence-electron chi connectivity index (χ4n) is 3.94. The van der Waals surface area contributed by atoms with Gasteiger partial charge in [-0.2, -0.15) is 0 Å². The topological polar surface area (TPSA) is 64.8 Å². The summed E-state index contributed by atoms with van der Waals surface area (Å²) in [6, 6.07) is 9.50. The van der Waals surface area contributed by atoms with Crippen molar-refractivity contribution < 1.29 is 18.7 Å². The SMILES string of the molecule is Cc1ccc(C(=O)N2CCO[C@@H]3C[C@H](COCc4ccccn4)C[C@@H]32)o1. The smallest absolute Gasteiger partial charge is 0.289 e. The molecule has 0 aromatic carbocycles. The minimum Gasteiger partial charge on any atom is -0.456 e. The minimum atomic E-state index is -0.0357. The third-order valence-electron chi connectivity index (χ3n) is 5.18. The van der Waals surface area contributed by atoms with Crippen molar-refractivity contribution in [2.75, 3.05) is 19.8 Å². The molecule has 26 heavy (non-hydrogen) atoms. The van der Waals surface area contributed by atoms with Crippen LogP contribution in [0, 0.1) is 12.8 Å². The first-order valence-electron chi connectivity index (χ1n) is 9.17. The highest BCUT2D eigenvalue weighted by molar-refractivity contribution is 5.92. The van der Waals surface area contributed by atoms with Crippen LogP contribution in [0.25, 0.3) is 0 Å². The number of hydrogen-bond acceptors (Lipinski definition) is 5. The first-order valence-corrected chi connectivity index (χ1v) is 9.17. The van der Waals surface area contributed by atoms with Crippen LogP contribution in [0.4, 0.5) is 0 Å². The van der Waals surface area contributed by atoms with Crippen LogP contribution in [0.2, 0.25) is 0 Å². The maximum atomic E-state index is 12.8. The zero-order valence-electron chi connectivity index (χ0n) is 15.0. The molecule has 1 saturated carbocycles. The number of carbonyl (C=O) groups is 1. The van der Waals surface area contributed by atoms with Gasteiger partial charge in [0.1, 0.15) is 5.76 Å². The van der Waals surface area contributed by atoms with Crippen molar-refractivity contribution in [1.82, 2.24) is 9.88 Å². The van der Waals surface area contributed by atoms with Gasteiger partial charge in [-0.3, -0.25) is 9.78 Å². The highest BCUT2D eigenvalue weighted by Gasteiger charge is 2.43. The number of morpholine rings is 1. The van der Waals surface area contributed by atoms with Crippen LogP contribution in [-0.2, 0) is 16.1 Å². The predicted octanol–water partition coefficient (Wildman–Crippen LogP) is 2.82. The summed E-state index contributed by atoms with van der Waals surface area (Å²) in [4.78, 5) is 19.0. The molecule has 0 bridgehead atoms. The van der Waals surface area contributed by atoms with E-state index in [9.17, 15) is 4.79 Å². The van der Waals surface area contributed by atoms with E-state index in [4.69, 9.17) is 13.9 Å². The summed E-state index contributed by atoms with van der Waals surface area (Å²) >= 11 is 0. The van der Waals surface area contributed by atoms with E-state index in [1.54, 1.807) is 12.3 Å². The second-order valence-corrected chi connectivity index (χ2v) is 7.06. The lowest BCUT2D eigenvalue weighted by Gasteiger charge is -2.37. The highest BCUT2D eigenvalue weighted by Crippen LogP contribution is 2.35. The summed E-state index contributed by atoms with van der Waals surface area (Å²) in [5.74, 6) is 1.52. The number of fused-ring (bicyclic) bond motifs is 1. The average molecular weight is 356 g/mol. The Morgan fingerprint density at radius 3 is 3.00 bits per heavy atom. The van der Waals surface area contributed by atoms with Crippen molar-refractivity contribution in [2.45, 2.75) is 38.5 Å². The number of ether oxygens (including phenoxy) is 2. The summed E-state index contributed by atoms with van der Waals surface area (Å²) in [7, 11) is 0. The van der Waals surface area contributed by atoms with Crippen LogP contribution < -0.4 is 0 Å². The first kappa shape index (κ1) is 17.2. The van der Waals surface area contributed by atoms with E-state index in [0.29, 0.717) is 38.0 Å². The second kappa shape index (κ2) is 7.60. The molecular weight excluding hydrogens is 332 g/mol. The van der Waals surface area contributed by atoms with Gasteiger partial charge in [0.25, 0.3) is 5.91 Å². The molecule has 1 saturated heterocycles. The first-order chi connectivity index (χ1) is 12.7. The van der Waals surface area contributed by atoms with Crippen LogP contribution in [-0.4, -0.2) is 47.7 Å². The van der Waals surface area contributed by atoms with Gasteiger partial charge in [0.2, 0.25) is 0 Å². The molecule has 0 radical (unpaired) electrons. The van der Waals surface area contributed by atoms with E-state index in [-0.39, 0.29) is 18.1 Å². The van der Waals surface area contributed by atoms with Gasteiger partial charge >= 0.3 is 0 Å². The number of aromatic nitrogens is 1. The number of carbonyl (C=O) groups excluding carboxylic acids is 1. The van der Waals surface area contributed by atoms with E-state index in [1.165, 1.54) is 0 Å². The van der Waals surface area contributed by atoms with Crippen LogP contribution >= 0.6 is 0 Å². The van der Waals surface area contributed by atoms with Crippen molar-refractivity contribution in [3.05, 3.63) is 53.7 Å². The molecule has 2 aromatic heterocycles. The summed E-state index contributed by atoms with van der Waals surface area (Å²) < 4.78 is 17.3. The maximum Gasteiger partial charge on any atom is 0.289 e. The van der Waals surface area contributed by atoms with Crippen LogP contribution in [0.15, 0.2) is 40.9 Å². The Hall–Kier alpha value is -2.18. The fraction of sp³-hybridized carbons (Fsp3) is 0.500. The van der Waals surface area contributed by atoms with Crippen molar-refractivity contribution in [3.63, 3.8) is 0 Å². The Morgan fingerprint density at radius 2 is 2.23 bits per heavy atom. The third kappa shape index (κ3) is 3.66. The largest absolute Gasteiger partial charge is 0.456 e. The zero-order valence-corrected chi connectivity index (χ0v) is 15.0. The summed E-state index contributed by atoms with van der Waals surface area (Å²) in [6.45, 7) is 4.22. The van der Waals surface area contributed by atoms with Gasteiger partial charge in [0.15, 0.2) is 5.76 Å². The van der Waals surface area contributed by atoms with Gasteiger partial charge in [-0.15, -0.1) is 0 Å². The van der Waals surface area contributed by atoms with Crippen molar-refractivity contribution in [2.24, 2.45) is 5.92 Å². The predicted molar refractivity (Wildman–Crippen MR) is 94.6 cm³/mol. The van der Waals surface area contributed by atoms with Crippen LogP contribution in [0.3, 0.4) is 0 Å². The van der Waals surface area contributed by atoms with Crippen LogP contribution in [0.1, 0.15) is 34.9 Å². The highest BCUT2D eigenvalue weighted by atomic mass is 16.5. The van der Waals surface area contributed by atoms with Crippen molar-refractivity contribution >= 4 is 5.91 Å². The zero-order chi connectivity index (χ0) is 17.9. The molecule has 3 heterocycles. The van der Waals surface area contributed by atoms with E-state index in [0.717, 1.165) is 24.3 Å². The lowest BCUT2D eigenvalue weighted by molar-refractivity contribution is -0.0459. The van der Waals surface area contributed by atoms with Crippen LogP contribution in [0.5, 0.6) is 0 Å². The Labute approximate surface area is 153 Å². The molecular formula is C20H24N2O4. The number of rotatable bonds is 5. The van der Waals surface area contributed by atoms with Gasteiger partial charge in [-0.05, 0) is 49.9 Å². The van der Waals surface area contributed by atoms with Gasteiger partial charge in [-0.1, -0.05) is 6.07 Å². The molecule has 0 N–H and O–H groups in total. The molecule has 6 heteroatoms. The Kier molecular flexibility index (Phi) is 5.04. The average Bonchev–Trinajstić information content (AvgIpc) is 3.27. The summed E-state index contributed by atoms with van der Waals surface area (Å²) in [6.07, 6.45) is 3.69. The molecule has 0 spiro atoms. The number of amides is 1. The molecule has 138 valence electrons. The number of nitrogens with zero attached hydrogens (tertiary/aromatic N) is 2. The lowest BCUT2D eigenvalue weighted by Crippen LogP contribution is -2.51. The van der Waals surface area contributed by atoms with E-state index in [2.05, 4.69) is 4.98 Å².